The fourth-order valence-corrected chi connectivity index (χ4v) is 1.75. The molecule has 0 unspecified atom stereocenters. The molecule has 86 valence electrons. The van der Waals surface area contributed by atoms with Crippen LogP contribution in [0.5, 0.6) is 0 Å². The van der Waals surface area contributed by atoms with Crippen LogP contribution in [0.4, 0.5) is 0 Å². The summed E-state index contributed by atoms with van der Waals surface area (Å²) in [5.74, 6) is 0.335. The molecule has 3 N–H and O–H groups in total. The number of nitrogens with one attached hydrogen (secondary N) is 1. The molecule has 0 aliphatic heterocycles. The molecule has 0 atom stereocenters. The lowest BCUT2D eigenvalue weighted by molar-refractivity contribution is 0.847. The van der Waals surface area contributed by atoms with Crippen molar-refractivity contribution in [2.24, 2.45) is 5.73 Å². The highest BCUT2D eigenvalue weighted by molar-refractivity contribution is 5.48. The summed E-state index contributed by atoms with van der Waals surface area (Å²) >= 11 is 0. The average Bonchev–Trinajstić information content (AvgIpc) is 2.62. The van der Waals surface area contributed by atoms with E-state index in [1.165, 1.54) is 10.6 Å². The maximum Gasteiger partial charge on any atom is 0.272 e. The van der Waals surface area contributed by atoms with Gasteiger partial charge in [0.15, 0.2) is 5.65 Å². The van der Waals surface area contributed by atoms with Crippen molar-refractivity contribution >= 4 is 5.65 Å². The summed E-state index contributed by atoms with van der Waals surface area (Å²) in [6.45, 7) is 4.65. The first-order chi connectivity index (χ1) is 7.63. The number of rotatable bonds is 3. The zero-order chi connectivity index (χ0) is 11.7. The number of hydrogen-bond donors (Lipinski definition) is 2. The van der Waals surface area contributed by atoms with E-state index < -0.39 is 0 Å². The van der Waals surface area contributed by atoms with E-state index >= 15 is 0 Å². The fourth-order valence-electron chi connectivity index (χ4n) is 1.75. The molecular weight excluding hydrogens is 204 g/mol. The highest BCUT2D eigenvalue weighted by Gasteiger charge is 2.11. The molecule has 0 amide bonds. The van der Waals surface area contributed by atoms with Crippen molar-refractivity contribution in [3.63, 3.8) is 0 Å². The monoisotopic (exact) mass is 220 g/mol. The van der Waals surface area contributed by atoms with Gasteiger partial charge in [0.25, 0.3) is 5.56 Å². The Balaban J connectivity index is 2.66. The second-order valence-corrected chi connectivity index (χ2v) is 4.17. The highest BCUT2D eigenvalue weighted by atomic mass is 16.1. The van der Waals surface area contributed by atoms with E-state index in [4.69, 9.17) is 5.73 Å². The molecule has 2 rings (SSSR count). The Labute approximate surface area is 93.3 Å². The van der Waals surface area contributed by atoms with Crippen molar-refractivity contribution < 1.29 is 0 Å². The van der Waals surface area contributed by atoms with Gasteiger partial charge in [0.2, 0.25) is 0 Å². The van der Waals surface area contributed by atoms with E-state index in [-0.39, 0.29) is 5.56 Å². The molecule has 0 aliphatic rings. The molecule has 5 heteroatoms. The SMILES string of the molecule is CC(C)c1c[nH]n2c(=O)cc(CCN)nc12. The van der Waals surface area contributed by atoms with Gasteiger partial charge in [0.05, 0.1) is 0 Å². The van der Waals surface area contributed by atoms with E-state index in [2.05, 4.69) is 23.9 Å². The summed E-state index contributed by atoms with van der Waals surface area (Å²) in [4.78, 5) is 16.2. The average molecular weight is 220 g/mol. The Morgan fingerprint density at radius 3 is 2.94 bits per heavy atom. The van der Waals surface area contributed by atoms with Crippen molar-refractivity contribution in [3.05, 3.63) is 33.9 Å². The summed E-state index contributed by atoms with van der Waals surface area (Å²) in [5, 5.41) is 2.92. The van der Waals surface area contributed by atoms with Crippen molar-refractivity contribution in [1.29, 1.82) is 0 Å². The molecule has 0 saturated carbocycles. The summed E-state index contributed by atoms with van der Waals surface area (Å²) < 4.78 is 1.47. The van der Waals surface area contributed by atoms with Gasteiger partial charge in [-0.3, -0.25) is 9.89 Å². The molecule has 0 fully saturated rings. The van der Waals surface area contributed by atoms with Gasteiger partial charge in [0.1, 0.15) is 0 Å². The minimum atomic E-state index is -0.0830. The first-order valence-corrected chi connectivity index (χ1v) is 5.43. The third-order valence-corrected chi connectivity index (χ3v) is 2.60. The van der Waals surface area contributed by atoms with Crippen LogP contribution in [0.2, 0.25) is 0 Å². The predicted molar refractivity (Wildman–Crippen MR) is 62.7 cm³/mol. The van der Waals surface area contributed by atoms with E-state index in [1.54, 1.807) is 0 Å². The van der Waals surface area contributed by atoms with Gasteiger partial charge < -0.3 is 5.73 Å². The zero-order valence-corrected chi connectivity index (χ0v) is 9.53. The molecular formula is C11H16N4O. The molecule has 0 saturated heterocycles. The molecule has 2 aromatic rings. The summed E-state index contributed by atoms with van der Waals surface area (Å²) in [7, 11) is 0. The summed E-state index contributed by atoms with van der Waals surface area (Å²) in [6.07, 6.45) is 2.47. The van der Waals surface area contributed by atoms with Crippen LogP contribution in [-0.4, -0.2) is 21.1 Å². The molecule has 0 bridgehead atoms. The van der Waals surface area contributed by atoms with Crippen LogP contribution in [0.3, 0.4) is 0 Å². The Morgan fingerprint density at radius 1 is 1.56 bits per heavy atom. The second kappa shape index (κ2) is 4.09. The van der Waals surface area contributed by atoms with Crippen molar-refractivity contribution in [2.75, 3.05) is 6.54 Å². The number of nitrogens with two attached hydrogens (primary N) is 1. The molecule has 0 aliphatic carbocycles. The Morgan fingerprint density at radius 2 is 2.31 bits per heavy atom. The molecule has 2 heterocycles. The van der Waals surface area contributed by atoms with Crippen molar-refractivity contribution in [2.45, 2.75) is 26.2 Å². The highest BCUT2D eigenvalue weighted by Crippen LogP contribution is 2.17. The standard InChI is InChI=1S/C11H16N4O/c1-7(2)9-6-13-15-10(16)5-8(3-4-12)14-11(9)15/h5-7,13H,3-4,12H2,1-2H3. The molecule has 0 radical (unpaired) electrons. The minimum absolute atomic E-state index is 0.0830. The van der Waals surface area contributed by atoms with Crippen molar-refractivity contribution in [3.8, 4) is 0 Å². The molecule has 16 heavy (non-hydrogen) atoms. The molecule has 2 aromatic heterocycles. The summed E-state index contributed by atoms with van der Waals surface area (Å²) in [5.41, 5.74) is 7.91. The van der Waals surface area contributed by atoms with Gasteiger partial charge >= 0.3 is 0 Å². The third kappa shape index (κ3) is 1.74. The Hall–Kier alpha value is -1.62. The van der Waals surface area contributed by atoms with Gasteiger partial charge in [0, 0.05) is 29.9 Å². The number of aromatic amines is 1. The lowest BCUT2D eigenvalue weighted by Gasteiger charge is -2.03. The number of aromatic nitrogens is 3. The molecule has 0 aromatic carbocycles. The maximum absolute atomic E-state index is 11.8. The number of nitrogens with zero attached hydrogens (tertiary/aromatic N) is 2. The lowest BCUT2D eigenvalue weighted by atomic mass is 10.1. The van der Waals surface area contributed by atoms with E-state index in [1.807, 2.05) is 6.20 Å². The maximum atomic E-state index is 11.8. The number of fused-ring (bicyclic) bond motifs is 1. The van der Waals surface area contributed by atoms with Gasteiger partial charge in [-0.25, -0.2) is 9.50 Å². The Bertz CT molecular complexity index is 553. The lowest BCUT2D eigenvalue weighted by Crippen LogP contribution is -2.17. The van der Waals surface area contributed by atoms with Crippen LogP contribution in [0, 0.1) is 0 Å². The summed E-state index contributed by atoms with van der Waals surface area (Å²) in [6, 6.07) is 1.53. The molecule has 5 nitrogen and oxygen atoms in total. The largest absolute Gasteiger partial charge is 0.330 e. The topological polar surface area (TPSA) is 76.2 Å². The third-order valence-electron chi connectivity index (χ3n) is 2.60. The Kier molecular flexibility index (Phi) is 2.78. The number of hydrogen-bond acceptors (Lipinski definition) is 3. The predicted octanol–water partition coefficient (Wildman–Crippen LogP) is 0.647. The van der Waals surface area contributed by atoms with E-state index in [9.17, 15) is 4.79 Å². The second-order valence-electron chi connectivity index (χ2n) is 4.17. The van der Waals surface area contributed by atoms with Gasteiger partial charge in [-0.05, 0) is 12.5 Å². The van der Waals surface area contributed by atoms with Crippen LogP contribution in [0.25, 0.3) is 5.65 Å². The van der Waals surface area contributed by atoms with Crippen molar-refractivity contribution in [1.82, 2.24) is 14.6 Å². The normalized spacial score (nSPS) is 11.5. The molecule has 0 spiro atoms. The first-order valence-electron chi connectivity index (χ1n) is 5.43. The van der Waals surface area contributed by atoms with Crippen LogP contribution in [-0.2, 0) is 6.42 Å². The van der Waals surface area contributed by atoms with Gasteiger partial charge in [-0.15, -0.1) is 0 Å². The van der Waals surface area contributed by atoms with Gasteiger partial charge in [-0.1, -0.05) is 13.8 Å². The van der Waals surface area contributed by atoms with Gasteiger partial charge in [-0.2, -0.15) is 0 Å². The quantitative estimate of drug-likeness (QED) is 0.797. The van der Waals surface area contributed by atoms with E-state index in [0.29, 0.717) is 24.5 Å². The van der Waals surface area contributed by atoms with E-state index in [0.717, 1.165) is 11.3 Å². The smallest absolute Gasteiger partial charge is 0.272 e. The van der Waals surface area contributed by atoms with Crippen LogP contribution >= 0.6 is 0 Å². The van der Waals surface area contributed by atoms with Crippen LogP contribution in [0.1, 0.15) is 31.0 Å². The zero-order valence-electron chi connectivity index (χ0n) is 9.53. The van der Waals surface area contributed by atoms with Crippen LogP contribution in [0.15, 0.2) is 17.1 Å². The minimum Gasteiger partial charge on any atom is -0.330 e. The number of H-pyrrole nitrogens is 1. The first kappa shape index (κ1) is 10.9. The van der Waals surface area contributed by atoms with Crippen LogP contribution < -0.4 is 11.3 Å². The fraction of sp³-hybridized carbons (Fsp3) is 0.455.